The molecule has 5 rings (SSSR count). The minimum absolute atomic E-state index is 0.0366. The molecule has 2 aromatic rings. The fourth-order valence-corrected chi connectivity index (χ4v) is 6.05. The number of piperazine rings is 1. The van der Waals surface area contributed by atoms with E-state index >= 15 is 0 Å². The van der Waals surface area contributed by atoms with Gasteiger partial charge in [0.05, 0.1) is 23.3 Å². The number of carbonyl (C=O) groups excluding carboxylic acids is 1. The number of thioether (sulfide) groups is 1. The van der Waals surface area contributed by atoms with Gasteiger partial charge in [0.15, 0.2) is 0 Å². The van der Waals surface area contributed by atoms with Crippen LogP contribution in [0.2, 0.25) is 0 Å². The zero-order valence-electron chi connectivity index (χ0n) is 18.5. The molecule has 0 spiro atoms. The van der Waals surface area contributed by atoms with Crippen molar-refractivity contribution < 1.29 is 4.79 Å². The van der Waals surface area contributed by atoms with Gasteiger partial charge < -0.3 is 15.1 Å². The van der Waals surface area contributed by atoms with E-state index in [-0.39, 0.29) is 17.5 Å². The molecule has 3 saturated heterocycles. The van der Waals surface area contributed by atoms with Crippen molar-refractivity contribution in [3.05, 3.63) is 42.1 Å². The van der Waals surface area contributed by atoms with Gasteiger partial charge in [-0.05, 0) is 32.4 Å². The molecule has 1 aromatic heterocycles. The van der Waals surface area contributed by atoms with Gasteiger partial charge in [-0.15, -0.1) is 11.8 Å². The van der Waals surface area contributed by atoms with Crippen LogP contribution in [-0.4, -0.2) is 88.0 Å². The third-order valence-electron chi connectivity index (χ3n) is 6.92. The summed E-state index contributed by atoms with van der Waals surface area (Å²) in [7, 11) is 0. The maximum atomic E-state index is 12.8. The normalized spacial score (nSPS) is 27.2. The number of nitrogens with zero attached hydrogens (tertiary/aromatic N) is 5. The second kappa shape index (κ2) is 8.48. The predicted octanol–water partition coefficient (Wildman–Crippen LogP) is 1.96. The number of aryl methyl sites for hydroxylation is 1. The summed E-state index contributed by atoms with van der Waals surface area (Å²) in [5.74, 6) is 3.37. The fourth-order valence-electron chi connectivity index (χ4n) is 5.10. The summed E-state index contributed by atoms with van der Waals surface area (Å²) in [5.41, 5.74) is 2.17. The van der Waals surface area contributed by atoms with E-state index in [2.05, 4.69) is 64.0 Å². The largest absolute Gasteiger partial charge is 0.354 e. The number of aromatic nitrogens is 2. The van der Waals surface area contributed by atoms with Crippen LogP contribution in [0.5, 0.6) is 0 Å². The van der Waals surface area contributed by atoms with E-state index in [0.717, 1.165) is 74.5 Å². The smallest absolute Gasteiger partial charge is 0.240 e. The number of carbonyl (C=O) groups is 1. The van der Waals surface area contributed by atoms with Gasteiger partial charge in [-0.1, -0.05) is 18.2 Å². The Labute approximate surface area is 188 Å². The van der Waals surface area contributed by atoms with Gasteiger partial charge in [-0.3, -0.25) is 9.69 Å². The fraction of sp³-hybridized carbons (Fsp3) is 0.565. The lowest BCUT2D eigenvalue weighted by molar-refractivity contribution is -0.131. The monoisotopic (exact) mass is 440 g/mol. The quantitative estimate of drug-likeness (QED) is 0.785. The Balaban J connectivity index is 1.24. The summed E-state index contributed by atoms with van der Waals surface area (Å²) in [6.07, 6.45) is 0.897. The average molecular weight is 441 g/mol. The number of hydrogen-bond donors (Lipinski definition) is 1. The third-order valence-corrected chi connectivity index (χ3v) is 7.88. The summed E-state index contributed by atoms with van der Waals surface area (Å²) in [4.78, 5) is 19.9. The van der Waals surface area contributed by atoms with Crippen LogP contribution in [0, 0.1) is 6.92 Å². The van der Waals surface area contributed by atoms with Crippen molar-refractivity contribution in [1.29, 1.82) is 0 Å². The molecule has 2 atom stereocenters. The molecule has 1 N–H and O–H groups in total. The van der Waals surface area contributed by atoms with Gasteiger partial charge in [0, 0.05) is 56.6 Å². The first-order valence-electron chi connectivity index (χ1n) is 11.3. The molecule has 166 valence electrons. The first kappa shape index (κ1) is 20.8. The summed E-state index contributed by atoms with van der Waals surface area (Å²) < 4.78 is 2.06. The molecule has 0 aliphatic carbocycles. The number of amides is 1. The van der Waals surface area contributed by atoms with Gasteiger partial charge in [-0.25, -0.2) is 4.68 Å². The van der Waals surface area contributed by atoms with E-state index in [9.17, 15) is 4.79 Å². The Morgan fingerprint density at radius 2 is 1.94 bits per heavy atom. The maximum Gasteiger partial charge on any atom is 0.240 e. The molecule has 4 heterocycles. The number of rotatable bonds is 4. The molecule has 8 heteroatoms. The highest BCUT2D eigenvalue weighted by molar-refractivity contribution is 7.99. The van der Waals surface area contributed by atoms with Crippen LogP contribution in [-0.2, 0) is 4.79 Å². The molecule has 3 fully saturated rings. The molecule has 0 saturated carbocycles. The molecule has 3 aliphatic heterocycles. The van der Waals surface area contributed by atoms with Gasteiger partial charge in [0.2, 0.25) is 5.91 Å². The van der Waals surface area contributed by atoms with Crippen molar-refractivity contribution in [3.8, 4) is 5.69 Å². The second-order valence-electron chi connectivity index (χ2n) is 9.14. The minimum Gasteiger partial charge on any atom is -0.354 e. The molecule has 0 radical (unpaired) electrons. The summed E-state index contributed by atoms with van der Waals surface area (Å²) in [6.45, 7) is 10.1. The van der Waals surface area contributed by atoms with Crippen molar-refractivity contribution in [2.24, 2.45) is 0 Å². The number of para-hydroxylation sites is 1. The highest BCUT2D eigenvalue weighted by Gasteiger charge is 2.44. The van der Waals surface area contributed by atoms with Crippen molar-refractivity contribution in [1.82, 2.24) is 24.9 Å². The van der Waals surface area contributed by atoms with Crippen LogP contribution in [0.1, 0.15) is 19.0 Å². The second-order valence-corrected chi connectivity index (χ2v) is 10.2. The zero-order chi connectivity index (χ0) is 21.4. The molecule has 7 nitrogen and oxygen atoms in total. The van der Waals surface area contributed by atoms with E-state index in [1.54, 1.807) is 0 Å². The Hall–Kier alpha value is -2.03. The van der Waals surface area contributed by atoms with Gasteiger partial charge >= 0.3 is 0 Å². The van der Waals surface area contributed by atoms with Crippen LogP contribution in [0.4, 0.5) is 5.82 Å². The number of benzene rings is 1. The van der Waals surface area contributed by atoms with Gasteiger partial charge in [-0.2, -0.15) is 5.10 Å². The van der Waals surface area contributed by atoms with Crippen molar-refractivity contribution in [2.75, 3.05) is 55.8 Å². The molecule has 1 amide bonds. The van der Waals surface area contributed by atoms with Crippen LogP contribution < -0.4 is 10.2 Å². The molecule has 31 heavy (non-hydrogen) atoms. The van der Waals surface area contributed by atoms with E-state index in [1.165, 1.54) is 0 Å². The topological polar surface area (TPSA) is 56.6 Å². The summed E-state index contributed by atoms with van der Waals surface area (Å²) >= 11 is 1.85. The Morgan fingerprint density at radius 3 is 2.65 bits per heavy atom. The van der Waals surface area contributed by atoms with E-state index < -0.39 is 0 Å². The van der Waals surface area contributed by atoms with Gasteiger partial charge in [0.1, 0.15) is 5.82 Å². The van der Waals surface area contributed by atoms with Crippen LogP contribution in [0.25, 0.3) is 5.69 Å². The number of nitrogens with one attached hydrogen (secondary N) is 1. The molecule has 3 aliphatic rings. The van der Waals surface area contributed by atoms with E-state index in [1.807, 2.05) is 22.7 Å². The zero-order valence-corrected chi connectivity index (χ0v) is 19.3. The lowest BCUT2D eigenvalue weighted by Crippen LogP contribution is -2.57. The Kier molecular flexibility index (Phi) is 5.71. The Morgan fingerprint density at radius 1 is 1.16 bits per heavy atom. The lowest BCUT2D eigenvalue weighted by atomic mass is 9.94. The molecular formula is C23H32N6OS. The number of anilines is 1. The maximum absolute atomic E-state index is 12.8. The first-order valence-corrected chi connectivity index (χ1v) is 12.4. The van der Waals surface area contributed by atoms with Gasteiger partial charge in [0.25, 0.3) is 0 Å². The first-order chi connectivity index (χ1) is 15.0. The van der Waals surface area contributed by atoms with Crippen LogP contribution in [0.15, 0.2) is 36.4 Å². The van der Waals surface area contributed by atoms with E-state index in [4.69, 9.17) is 5.10 Å². The predicted molar refractivity (Wildman–Crippen MR) is 126 cm³/mol. The summed E-state index contributed by atoms with van der Waals surface area (Å²) in [6, 6.07) is 12.5. The van der Waals surface area contributed by atoms with Crippen molar-refractivity contribution in [2.45, 2.75) is 31.8 Å². The highest BCUT2D eigenvalue weighted by Crippen LogP contribution is 2.30. The van der Waals surface area contributed by atoms with Crippen LogP contribution in [0.3, 0.4) is 0 Å². The van der Waals surface area contributed by atoms with Crippen molar-refractivity contribution in [3.63, 3.8) is 0 Å². The summed E-state index contributed by atoms with van der Waals surface area (Å²) in [5, 5.41) is 8.27. The molecule has 1 aromatic carbocycles. The standard InChI is InChI=1S/C23H32N6OS/c1-18-14-21(29(25-18)19-6-4-3-5-7-19)26-8-10-28(11-9-26)23(2)15-20(24-16-23)22(30)27-12-13-31-17-27/h3-7,14,20,24H,8-13,15-17H2,1-2H3/t20-,23?/m0/s1. The van der Waals surface area contributed by atoms with Crippen LogP contribution >= 0.6 is 11.8 Å². The third kappa shape index (κ3) is 4.08. The average Bonchev–Trinajstić information content (AvgIpc) is 3.55. The molecular weight excluding hydrogens is 408 g/mol. The number of hydrogen-bond acceptors (Lipinski definition) is 6. The highest BCUT2D eigenvalue weighted by atomic mass is 32.2. The van der Waals surface area contributed by atoms with E-state index in [0.29, 0.717) is 0 Å². The lowest BCUT2D eigenvalue weighted by Gasteiger charge is -2.44. The SMILES string of the molecule is Cc1cc(N2CCN(C3(C)CN[C@H](C(=O)N4CCSC4)C3)CC2)n(-c2ccccc2)n1. The minimum atomic E-state index is -0.0381. The Bertz CT molecular complexity index is 919. The van der Waals surface area contributed by atoms with Crippen molar-refractivity contribution >= 4 is 23.5 Å². The molecule has 1 unspecified atom stereocenters. The molecule has 0 bridgehead atoms.